The molecule has 0 spiro atoms. The van der Waals surface area contributed by atoms with Crippen molar-refractivity contribution < 1.29 is 0 Å². The van der Waals surface area contributed by atoms with Crippen LogP contribution in [-0.4, -0.2) is 6.71 Å². The lowest BCUT2D eigenvalue weighted by molar-refractivity contribution is 0.332. The maximum atomic E-state index is 2.70. The fraction of sp³-hybridized carbons (Fsp3) is 0.368. The van der Waals surface area contributed by atoms with Crippen molar-refractivity contribution in [3.05, 3.63) is 190 Å². The van der Waals surface area contributed by atoms with E-state index in [4.69, 9.17) is 0 Å². The lowest BCUT2D eigenvalue weighted by Gasteiger charge is -2.46. The van der Waals surface area contributed by atoms with Gasteiger partial charge in [0.1, 0.15) is 0 Å². The van der Waals surface area contributed by atoms with Gasteiger partial charge < -0.3 is 14.7 Å². The van der Waals surface area contributed by atoms with Gasteiger partial charge in [0, 0.05) is 65.7 Å². The van der Waals surface area contributed by atoms with E-state index < -0.39 is 0 Å². The molecule has 412 valence electrons. The smallest absolute Gasteiger partial charge is 0.252 e. The second-order valence-electron chi connectivity index (χ2n) is 30.6. The highest BCUT2D eigenvalue weighted by molar-refractivity contribution is 7.26. The van der Waals surface area contributed by atoms with E-state index in [0.717, 1.165) is 23.5 Å². The van der Waals surface area contributed by atoms with Crippen LogP contribution in [0.4, 0.5) is 51.2 Å². The highest BCUT2D eigenvalue weighted by atomic mass is 32.1. The van der Waals surface area contributed by atoms with Crippen LogP contribution in [0.1, 0.15) is 181 Å². The van der Waals surface area contributed by atoms with Crippen LogP contribution < -0.4 is 31.1 Å². The van der Waals surface area contributed by atoms with Crippen LogP contribution in [0.5, 0.6) is 0 Å². The number of hydrogen-bond acceptors (Lipinski definition) is 4. The van der Waals surface area contributed by atoms with E-state index in [2.05, 4.69) is 285 Å². The average molecular weight is 1080 g/mol. The second-order valence-corrected chi connectivity index (χ2v) is 31.7. The Hall–Kier alpha value is -6.56. The van der Waals surface area contributed by atoms with Crippen molar-refractivity contribution in [2.75, 3.05) is 14.7 Å². The molecular weight excluding hydrogens is 998 g/mol. The Bertz CT molecular complexity index is 3990. The first-order valence-corrected chi connectivity index (χ1v) is 30.9. The molecule has 4 aliphatic rings. The van der Waals surface area contributed by atoms with Gasteiger partial charge in [-0.25, -0.2) is 0 Å². The summed E-state index contributed by atoms with van der Waals surface area (Å²) in [5.41, 5.74) is 26.5. The molecule has 13 rings (SSSR count). The van der Waals surface area contributed by atoms with E-state index in [0.29, 0.717) is 0 Å². The number of rotatable bonds is 5. The predicted octanol–water partition coefficient (Wildman–Crippen LogP) is 20.1. The van der Waals surface area contributed by atoms with Gasteiger partial charge in [-0.1, -0.05) is 178 Å². The normalized spacial score (nSPS) is 17.4. The molecule has 0 atom stereocenters. The molecule has 0 saturated heterocycles. The van der Waals surface area contributed by atoms with Crippen LogP contribution in [0.3, 0.4) is 0 Å². The molecule has 5 heteroatoms. The summed E-state index contributed by atoms with van der Waals surface area (Å²) in [6.45, 7) is 42.9. The zero-order valence-corrected chi connectivity index (χ0v) is 52.6. The zero-order valence-electron chi connectivity index (χ0n) is 51.8. The Labute approximate surface area is 489 Å². The highest BCUT2D eigenvalue weighted by Crippen LogP contribution is 2.55. The van der Waals surface area contributed by atoms with Gasteiger partial charge in [-0.05, 0) is 210 Å². The summed E-state index contributed by atoms with van der Waals surface area (Å²) in [5, 5.41) is 2.62. The Kier molecular flexibility index (Phi) is 11.8. The maximum Gasteiger partial charge on any atom is 0.252 e. The predicted molar refractivity (Wildman–Crippen MR) is 355 cm³/mol. The Morgan fingerprint density at radius 3 is 1.57 bits per heavy atom. The second kappa shape index (κ2) is 17.7. The lowest BCUT2D eigenvalue weighted by Crippen LogP contribution is -2.61. The first-order chi connectivity index (χ1) is 37.9. The fourth-order valence-corrected chi connectivity index (χ4v) is 16.3. The van der Waals surface area contributed by atoms with E-state index >= 15 is 0 Å². The molecule has 0 fully saturated rings. The highest BCUT2D eigenvalue weighted by Gasteiger charge is 2.49. The molecule has 0 N–H and O–H groups in total. The molecule has 3 nitrogen and oxygen atoms in total. The number of thiophene rings is 1. The molecule has 81 heavy (non-hydrogen) atoms. The molecule has 0 saturated carbocycles. The Morgan fingerprint density at radius 2 is 0.963 bits per heavy atom. The van der Waals surface area contributed by atoms with Crippen molar-refractivity contribution in [3.8, 4) is 0 Å². The van der Waals surface area contributed by atoms with Crippen molar-refractivity contribution >= 4 is 106 Å². The number of aryl methyl sites for hydroxylation is 1. The largest absolute Gasteiger partial charge is 0.311 e. The first kappa shape index (κ1) is 53.7. The molecule has 1 aromatic heterocycles. The average Bonchev–Trinajstić information content (AvgIpc) is 2.08. The molecule has 0 unspecified atom stereocenters. The quantitative estimate of drug-likeness (QED) is 0.159. The third-order valence-corrected chi connectivity index (χ3v) is 20.7. The number of benzene rings is 8. The van der Waals surface area contributed by atoms with Crippen LogP contribution in [0.15, 0.2) is 146 Å². The van der Waals surface area contributed by atoms with E-state index in [1.165, 1.54) is 128 Å². The summed E-state index contributed by atoms with van der Waals surface area (Å²) in [5.74, 6) is 0. The van der Waals surface area contributed by atoms with Gasteiger partial charge in [-0.15, -0.1) is 11.3 Å². The van der Waals surface area contributed by atoms with Gasteiger partial charge in [-0.2, -0.15) is 0 Å². The van der Waals surface area contributed by atoms with Crippen molar-refractivity contribution in [1.29, 1.82) is 0 Å². The number of fused-ring (bicyclic) bond motifs is 9. The van der Waals surface area contributed by atoms with Crippen molar-refractivity contribution in [1.82, 2.24) is 0 Å². The van der Waals surface area contributed by atoms with Gasteiger partial charge in [-0.3, -0.25) is 0 Å². The summed E-state index contributed by atoms with van der Waals surface area (Å²) in [6.07, 6.45) is 3.46. The fourth-order valence-electron chi connectivity index (χ4n) is 15.1. The van der Waals surface area contributed by atoms with Crippen LogP contribution in [0.25, 0.3) is 20.2 Å². The maximum absolute atomic E-state index is 2.70. The summed E-state index contributed by atoms with van der Waals surface area (Å²) >= 11 is 1.93. The van der Waals surface area contributed by atoms with Gasteiger partial charge in [0.2, 0.25) is 0 Å². The van der Waals surface area contributed by atoms with Crippen LogP contribution >= 0.6 is 11.3 Å². The molecule has 8 aromatic carbocycles. The molecule has 3 heterocycles. The summed E-state index contributed by atoms with van der Waals surface area (Å²) in [6, 6.07) is 58.4. The SMILES string of the molecule is Cc1cc2c3c(c1)N(c1cccc4sc5cc(C(C)(C)C)ccc5c14)c1cc(N(c4ccc(C(C)(C)C)cc4)c4ccc(C(C)(C)C)cc4)ccc1B3c1cc3c(cc1N2c1ccc2c(c1)C(C)(C)CCC2(C)C)C(C)(C)CC3(C)C. The van der Waals surface area contributed by atoms with Gasteiger partial charge >= 0.3 is 0 Å². The summed E-state index contributed by atoms with van der Waals surface area (Å²) in [7, 11) is 0. The topological polar surface area (TPSA) is 9.72 Å². The monoisotopic (exact) mass is 1080 g/mol. The number of anilines is 9. The zero-order chi connectivity index (χ0) is 57.5. The van der Waals surface area contributed by atoms with Crippen molar-refractivity contribution in [2.24, 2.45) is 0 Å². The van der Waals surface area contributed by atoms with Gasteiger partial charge in [0.15, 0.2) is 0 Å². The van der Waals surface area contributed by atoms with Crippen LogP contribution in [0.2, 0.25) is 0 Å². The molecule has 2 aliphatic carbocycles. The minimum atomic E-state index is -0.0293. The minimum Gasteiger partial charge on any atom is -0.311 e. The van der Waals surface area contributed by atoms with E-state index in [1.807, 2.05) is 11.3 Å². The Morgan fingerprint density at radius 1 is 0.432 bits per heavy atom. The standard InChI is InChI=1S/C76H84BN3S/c1-46-38-64-69-65(39-46)80(61-20-19-21-66-68(61)54-33-26-49(72(8,9)10)40-67(54)81-66)62-42-53(78(50-27-22-47(23-28-50)70(2,3)4)51-29-24-48(25-30-51)71(5,6)7)32-35-59(62)77(69)60-43-57-58(76(17,18)45-75(57,15)16)44-63(60)79(64)52-31-34-55-56(41-52)74(13,14)37-36-73(55,11)12/h19-35,38-44H,36-37,45H2,1-18H3. The van der Waals surface area contributed by atoms with Crippen molar-refractivity contribution in [3.63, 3.8) is 0 Å². The van der Waals surface area contributed by atoms with E-state index in [-0.39, 0.29) is 44.6 Å². The van der Waals surface area contributed by atoms with E-state index in [1.54, 1.807) is 0 Å². The van der Waals surface area contributed by atoms with Gasteiger partial charge in [0.05, 0.1) is 5.69 Å². The molecule has 2 aliphatic heterocycles. The van der Waals surface area contributed by atoms with Crippen LogP contribution in [-0.2, 0) is 37.9 Å². The third-order valence-electron chi connectivity index (χ3n) is 19.6. The Balaban J connectivity index is 1.13. The van der Waals surface area contributed by atoms with E-state index in [9.17, 15) is 0 Å². The molecule has 0 amide bonds. The summed E-state index contributed by atoms with van der Waals surface area (Å²) in [4.78, 5) is 7.89. The van der Waals surface area contributed by atoms with Crippen molar-refractivity contribution in [2.45, 2.75) is 182 Å². The third kappa shape index (κ3) is 8.55. The lowest BCUT2D eigenvalue weighted by atomic mass is 9.33. The first-order valence-electron chi connectivity index (χ1n) is 30.1. The minimum absolute atomic E-state index is 0.0119. The molecule has 9 aromatic rings. The molecular formula is C76H84BN3S. The molecule has 0 bridgehead atoms. The number of nitrogens with zero attached hydrogens (tertiary/aromatic N) is 3. The van der Waals surface area contributed by atoms with Gasteiger partial charge in [0.25, 0.3) is 6.71 Å². The molecule has 0 radical (unpaired) electrons. The van der Waals surface area contributed by atoms with Crippen LogP contribution in [0, 0.1) is 6.92 Å². The number of hydrogen-bond donors (Lipinski definition) is 0. The summed E-state index contributed by atoms with van der Waals surface area (Å²) < 4.78 is 2.64.